The molecule has 0 spiro atoms. The van der Waals surface area contributed by atoms with E-state index < -0.39 is 0 Å². The van der Waals surface area contributed by atoms with Gasteiger partial charge in [-0.2, -0.15) is 0 Å². The molecule has 0 saturated carbocycles. The van der Waals surface area contributed by atoms with Crippen LogP contribution < -0.4 is 5.73 Å². The zero-order valence-corrected chi connectivity index (χ0v) is 13.0. The zero-order valence-electron chi connectivity index (χ0n) is 13.0. The van der Waals surface area contributed by atoms with Crippen LogP contribution in [-0.4, -0.2) is 54.0 Å². The third-order valence-electron chi connectivity index (χ3n) is 4.81. The molecular weight excluding hydrogens is 266 g/mol. The number of aryl methyl sites for hydroxylation is 2. The van der Waals surface area contributed by atoms with Gasteiger partial charge in [-0.05, 0) is 52.3 Å². The lowest BCUT2D eigenvalue weighted by Crippen LogP contribution is -2.46. The van der Waals surface area contributed by atoms with Crippen LogP contribution in [-0.2, 0) is 0 Å². The van der Waals surface area contributed by atoms with Gasteiger partial charge in [0.15, 0.2) is 0 Å². The lowest BCUT2D eigenvalue weighted by Gasteiger charge is -2.34. The second-order valence-electron chi connectivity index (χ2n) is 6.39. The van der Waals surface area contributed by atoms with E-state index in [-0.39, 0.29) is 5.91 Å². The molecule has 0 bridgehead atoms. The number of carbonyl (C=O) groups is 1. The lowest BCUT2D eigenvalue weighted by atomic mass is 10.0. The molecule has 5 heteroatoms. The first-order valence-corrected chi connectivity index (χ1v) is 7.90. The predicted octanol–water partition coefficient (Wildman–Crippen LogP) is 1.53. The smallest absolute Gasteiger partial charge is 0.257 e. The highest BCUT2D eigenvalue weighted by molar-refractivity contribution is 5.95. The summed E-state index contributed by atoms with van der Waals surface area (Å²) in [5, 5.41) is 0. The van der Waals surface area contributed by atoms with Crippen molar-refractivity contribution < 1.29 is 9.21 Å². The molecule has 0 aromatic carbocycles. The van der Waals surface area contributed by atoms with Crippen LogP contribution in [0.1, 0.15) is 41.1 Å². The average Bonchev–Trinajstić information content (AvgIpc) is 3.06. The van der Waals surface area contributed by atoms with Gasteiger partial charge in [-0.25, -0.2) is 0 Å². The maximum Gasteiger partial charge on any atom is 0.257 e. The highest BCUT2D eigenvalue weighted by Gasteiger charge is 2.33. The van der Waals surface area contributed by atoms with Gasteiger partial charge in [-0.3, -0.25) is 9.69 Å². The number of hydrogen-bond donors (Lipinski definition) is 1. The fourth-order valence-corrected chi connectivity index (χ4v) is 3.52. The molecule has 0 aliphatic carbocycles. The van der Waals surface area contributed by atoms with Gasteiger partial charge in [0.05, 0.1) is 5.56 Å². The SMILES string of the molecule is Cc1cc(C(=O)N2CCC(N3CCC(N)CC3)C2)c(C)o1. The van der Waals surface area contributed by atoms with Crippen LogP contribution in [0.2, 0.25) is 0 Å². The fraction of sp³-hybridized carbons (Fsp3) is 0.688. The Morgan fingerprint density at radius 2 is 1.95 bits per heavy atom. The minimum absolute atomic E-state index is 0.112. The molecule has 1 atom stereocenters. The molecular formula is C16H25N3O2. The van der Waals surface area contributed by atoms with E-state index >= 15 is 0 Å². The summed E-state index contributed by atoms with van der Waals surface area (Å²) in [5.74, 6) is 1.64. The van der Waals surface area contributed by atoms with Gasteiger partial charge < -0.3 is 15.1 Å². The number of nitrogens with two attached hydrogens (primary N) is 1. The second-order valence-corrected chi connectivity index (χ2v) is 6.39. The molecule has 116 valence electrons. The van der Waals surface area contributed by atoms with Crippen molar-refractivity contribution in [2.24, 2.45) is 5.73 Å². The van der Waals surface area contributed by atoms with E-state index in [0.717, 1.165) is 57.0 Å². The van der Waals surface area contributed by atoms with E-state index in [1.165, 1.54) is 0 Å². The molecule has 0 radical (unpaired) electrons. The molecule has 5 nitrogen and oxygen atoms in total. The van der Waals surface area contributed by atoms with E-state index in [4.69, 9.17) is 10.2 Å². The van der Waals surface area contributed by atoms with Crippen LogP contribution >= 0.6 is 0 Å². The van der Waals surface area contributed by atoms with Crippen molar-refractivity contribution >= 4 is 5.91 Å². The minimum atomic E-state index is 0.112. The Morgan fingerprint density at radius 1 is 1.24 bits per heavy atom. The van der Waals surface area contributed by atoms with E-state index in [0.29, 0.717) is 17.6 Å². The van der Waals surface area contributed by atoms with Crippen molar-refractivity contribution in [3.05, 3.63) is 23.2 Å². The van der Waals surface area contributed by atoms with Gasteiger partial charge in [-0.15, -0.1) is 0 Å². The Balaban J connectivity index is 1.61. The van der Waals surface area contributed by atoms with E-state index in [1.54, 1.807) is 0 Å². The topological polar surface area (TPSA) is 62.7 Å². The molecule has 2 saturated heterocycles. The van der Waals surface area contributed by atoms with E-state index in [9.17, 15) is 4.79 Å². The first-order chi connectivity index (χ1) is 10.0. The first kappa shape index (κ1) is 14.6. The summed E-state index contributed by atoms with van der Waals surface area (Å²) in [4.78, 5) is 17.1. The van der Waals surface area contributed by atoms with Crippen LogP contribution in [0.5, 0.6) is 0 Å². The van der Waals surface area contributed by atoms with Crippen LogP contribution in [0.15, 0.2) is 10.5 Å². The quantitative estimate of drug-likeness (QED) is 0.897. The lowest BCUT2D eigenvalue weighted by molar-refractivity contribution is 0.0767. The standard InChI is InChI=1S/C16H25N3O2/c1-11-9-15(12(2)21-11)16(20)19-8-5-14(10-19)18-6-3-13(17)4-7-18/h9,13-14H,3-8,10,17H2,1-2H3. The average molecular weight is 291 g/mol. The Morgan fingerprint density at radius 3 is 2.57 bits per heavy atom. The molecule has 2 aliphatic heterocycles. The van der Waals surface area contributed by atoms with Gasteiger partial charge in [0.25, 0.3) is 5.91 Å². The third-order valence-corrected chi connectivity index (χ3v) is 4.81. The Labute approximate surface area is 126 Å². The molecule has 3 heterocycles. The molecule has 1 unspecified atom stereocenters. The predicted molar refractivity (Wildman–Crippen MR) is 81.3 cm³/mol. The summed E-state index contributed by atoms with van der Waals surface area (Å²) in [7, 11) is 0. The number of rotatable bonds is 2. The van der Waals surface area contributed by atoms with Gasteiger partial charge in [0.1, 0.15) is 11.5 Å². The summed E-state index contributed by atoms with van der Waals surface area (Å²) in [5.41, 5.74) is 6.68. The Bertz CT molecular complexity index is 518. The van der Waals surface area contributed by atoms with E-state index in [1.807, 2.05) is 24.8 Å². The number of likely N-dealkylation sites (tertiary alicyclic amines) is 2. The molecule has 1 aromatic rings. The van der Waals surface area contributed by atoms with Gasteiger partial charge >= 0.3 is 0 Å². The highest BCUT2D eigenvalue weighted by atomic mass is 16.3. The van der Waals surface area contributed by atoms with Gasteiger partial charge in [0, 0.05) is 25.2 Å². The van der Waals surface area contributed by atoms with Crippen LogP contribution in [0.25, 0.3) is 0 Å². The van der Waals surface area contributed by atoms with Crippen molar-refractivity contribution in [2.45, 2.75) is 45.2 Å². The fourth-order valence-electron chi connectivity index (χ4n) is 3.52. The summed E-state index contributed by atoms with van der Waals surface area (Å²) < 4.78 is 5.48. The molecule has 2 N–H and O–H groups in total. The molecule has 3 rings (SSSR count). The maximum absolute atomic E-state index is 12.6. The largest absolute Gasteiger partial charge is 0.466 e. The normalized spacial score (nSPS) is 24.7. The number of furan rings is 1. The van der Waals surface area contributed by atoms with Crippen LogP contribution in [0.3, 0.4) is 0 Å². The minimum Gasteiger partial charge on any atom is -0.466 e. The Kier molecular flexibility index (Phi) is 4.04. The number of hydrogen-bond acceptors (Lipinski definition) is 4. The monoisotopic (exact) mass is 291 g/mol. The van der Waals surface area contributed by atoms with Crippen molar-refractivity contribution in [1.82, 2.24) is 9.80 Å². The molecule has 21 heavy (non-hydrogen) atoms. The number of carbonyl (C=O) groups excluding carboxylic acids is 1. The highest BCUT2D eigenvalue weighted by Crippen LogP contribution is 2.23. The summed E-state index contributed by atoms with van der Waals surface area (Å²) >= 11 is 0. The molecule has 2 fully saturated rings. The number of nitrogens with zero attached hydrogens (tertiary/aromatic N) is 2. The third kappa shape index (κ3) is 2.99. The molecule has 1 amide bonds. The zero-order chi connectivity index (χ0) is 15.0. The molecule has 1 aromatic heterocycles. The van der Waals surface area contributed by atoms with Crippen molar-refractivity contribution in [3.8, 4) is 0 Å². The first-order valence-electron chi connectivity index (χ1n) is 7.90. The van der Waals surface area contributed by atoms with Crippen LogP contribution in [0.4, 0.5) is 0 Å². The summed E-state index contributed by atoms with van der Waals surface area (Å²) in [6.45, 7) is 7.55. The molecule has 2 aliphatic rings. The van der Waals surface area contributed by atoms with Crippen LogP contribution in [0, 0.1) is 13.8 Å². The number of piperidine rings is 1. The van der Waals surface area contributed by atoms with Gasteiger partial charge in [-0.1, -0.05) is 0 Å². The summed E-state index contributed by atoms with van der Waals surface area (Å²) in [6, 6.07) is 2.71. The van der Waals surface area contributed by atoms with Gasteiger partial charge in [0.2, 0.25) is 0 Å². The van der Waals surface area contributed by atoms with Crippen molar-refractivity contribution in [3.63, 3.8) is 0 Å². The number of amides is 1. The second kappa shape index (κ2) is 5.81. The summed E-state index contributed by atoms with van der Waals surface area (Å²) in [6.07, 6.45) is 3.21. The maximum atomic E-state index is 12.6. The van der Waals surface area contributed by atoms with Crippen molar-refractivity contribution in [2.75, 3.05) is 26.2 Å². The van der Waals surface area contributed by atoms with E-state index in [2.05, 4.69) is 4.90 Å². The van der Waals surface area contributed by atoms with Crippen molar-refractivity contribution in [1.29, 1.82) is 0 Å². The Hall–Kier alpha value is -1.33.